The molecular formula is C20H27FN4O2S. The molecule has 0 spiro atoms. The first-order valence-corrected chi connectivity index (χ1v) is 11.2. The third-order valence-electron chi connectivity index (χ3n) is 5.21. The Balaban J connectivity index is 1.49. The molecule has 0 unspecified atom stereocenters. The molecule has 1 heterocycles. The molecule has 0 aliphatic heterocycles. The SMILES string of the molecule is CC(C)S(=O)(=O)NCC1CCC(Nc2ccc(-c3ccccc3F)nn2)CC1. The second-order valence-corrected chi connectivity index (χ2v) is 9.91. The van der Waals surface area contributed by atoms with Gasteiger partial charge in [0.2, 0.25) is 10.0 Å². The summed E-state index contributed by atoms with van der Waals surface area (Å²) in [5.74, 6) is 0.717. The smallest absolute Gasteiger partial charge is 0.213 e. The summed E-state index contributed by atoms with van der Waals surface area (Å²) in [4.78, 5) is 0. The van der Waals surface area contributed by atoms with Crippen molar-refractivity contribution < 1.29 is 12.8 Å². The van der Waals surface area contributed by atoms with Crippen LogP contribution in [0.25, 0.3) is 11.3 Å². The van der Waals surface area contributed by atoms with Crippen molar-refractivity contribution in [2.45, 2.75) is 50.8 Å². The standard InChI is InChI=1S/C20H27FN4O2S/c1-14(2)28(26,27)22-13-15-7-9-16(10-8-15)23-20-12-11-19(24-25-20)17-5-3-4-6-18(17)21/h3-6,11-12,14-16,22H,7-10,13H2,1-2H3,(H,23,25). The first-order valence-electron chi connectivity index (χ1n) is 9.69. The van der Waals surface area contributed by atoms with Crippen molar-refractivity contribution in [3.8, 4) is 11.3 Å². The molecule has 2 aromatic rings. The van der Waals surface area contributed by atoms with Crippen molar-refractivity contribution in [2.75, 3.05) is 11.9 Å². The van der Waals surface area contributed by atoms with Crippen LogP contribution >= 0.6 is 0 Å². The average molecular weight is 407 g/mol. The van der Waals surface area contributed by atoms with E-state index in [0.717, 1.165) is 25.7 Å². The van der Waals surface area contributed by atoms with Gasteiger partial charge in [0, 0.05) is 18.2 Å². The lowest BCUT2D eigenvalue weighted by Gasteiger charge is -2.29. The highest BCUT2D eigenvalue weighted by Crippen LogP contribution is 2.26. The van der Waals surface area contributed by atoms with Crippen molar-refractivity contribution >= 4 is 15.8 Å². The van der Waals surface area contributed by atoms with Crippen LogP contribution in [0.4, 0.5) is 10.2 Å². The van der Waals surface area contributed by atoms with Gasteiger partial charge >= 0.3 is 0 Å². The number of aromatic nitrogens is 2. The summed E-state index contributed by atoms with van der Waals surface area (Å²) < 4.78 is 40.3. The van der Waals surface area contributed by atoms with Gasteiger partial charge in [-0.1, -0.05) is 12.1 Å². The summed E-state index contributed by atoms with van der Waals surface area (Å²) in [6.07, 6.45) is 3.81. The second kappa shape index (κ2) is 8.96. The number of halogens is 1. The largest absolute Gasteiger partial charge is 0.366 e. The Morgan fingerprint density at radius 2 is 1.79 bits per heavy atom. The van der Waals surface area contributed by atoms with Gasteiger partial charge in [-0.05, 0) is 69.7 Å². The summed E-state index contributed by atoms with van der Waals surface area (Å²) in [5.41, 5.74) is 0.940. The van der Waals surface area contributed by atoms with Crippen LogP contribution in [0.15, 0.2) is 36.4 Å². The Kier molecular flexibility index (Phi) is 6.61. The number of rotatable bonds is 7. The minimum atomic E-state index is -3.20. The van der Waals surface area contributed by atoms with E-state index in [2.05, 4.69) is 20.2 Å². The quantitative estimate of drug-likeness (QED) is 0.734. The highest BCUT2D eigenvalue weighted by molar-refractivity contribution is 7.90. The molecule has 0 amide bonds. The number of nitrogens with one attached hydrogen (secondary N) is 2. The van der Waals surface area contributed by atoms with Gasteiger partial charge in [0.15, 0.2) is 0 Å². The lowest BCUT2D eigenvalue weighted by molar-refractivity contribution is 0.336. The van der Waals surface area contributed by atoms with E-state index < -0.39 is 15.3 Å². The van der Waals surface area contributed by atoms with E-state index in [9.17, 15) is 12.8 Å². The number of hydrogen-bond acceptors (Lipinski definition) is 5. The molecule has 0 radical (unpaired) electrons. The normalized spacial score (nSPS) is 20.3. The second-order valence-electron chi connectivity index (χ2n) is 7.59. The van der Waals surface area contributed by atoms with Crippen LogP contribution in [-0.2, 0) is 10.0 Å². The molecule has 152 valence electrons. The molecule has 0 bridgehead atoms. The monoisotopic (exact) mass is 406 g/mol. The molecule has 2 N–H and O–H groups in total. The predicted molar refractivity (Wildman–Crippen MR) is 109 cm³/mol. The van der Waals surface area contributed by atoms with Crippen LogP contribution in [0, 0.1) is 11.7 Å². The van der Waals surface area contributed by atoms with Crippen LogP contribution < -0.4 is 10.0 Å². The van der Waals surface area contributed by atoms with Gasteiger partial charge in [-0.25, -0.2) is 17.5 Å². The maximum Gasteiger partial charge on any atom is 0.213 e. The van der Waals surface area contributed by atoms with Gasteiger partial charge in [-0.3, -0.25) is 0 Å². The summed E-state index contributed by atoms with van der Waals surface area (Å²) >= 11 is 0. The number of benzene rings is 1. The van der Waals surface area contributed by atoms with Gasteiger partial charge in [-0.2, -0.15) is 0 Å². The summed E-state index contributed by atoms with van der Waals surface area (Å²) in [5, 5.41) is 11.3. The number of anilines is 1. The van der Waals surface area contributed by atoms with Crippen molar-refractivity contribution in [3.63, 3.8) is 0 Å². The van der Waals surface area contributed by atoms with Crippen molar-refractivity contribution in [1.82, 2.24) is 14.9 Å². The molecule has 1 fully saturated rings. The fourth-order valence-electron chi connectivity index (χ4n) is 3.34. The van der Waals surface area contributed by atoms with Crippen LogP contribution in [0.1, 0.15) is 39.5 Å². The Bertz CT molecular complexity index is 879. The van der Waals surface area contributed by atoms with Crippen LogP contribution in [-0.4, -0.2) is 36.5 Å². The minimum absolute atomic E-state index is 0.284. The molecule has 6 nitrogen and oxygen atoms in total. The number of sulfonamides is 1. The molecule has 0 saturated heterocycles. The first-order chi connectivity index (χ1) is 13.3. The average Bonchev–Trinajstić information content (AvgIpc) is 2.68. The van der Waals surface area contributed by atoms with Crippen molar-refractivity contribution in [2.24, 2.45) is 5.92 Å². The molecule has 1 aliphatic carbocycles. The Hall–Kier alpha value is -2.06. The molecule has 8 heteroatoms. The third kappa shape index (κ3) is 5.26. The fourth-order valence-corrected chi connectivity index (χ4v) is 4.14. The third-order valence-corrected chi connectivity index (χ3v) is 7.02. The number of nitrogens with zero attached hydrogens (tertiary/aromatic N) is 2. The molecule has 1 aliphatic rings. The Morgan fingerprint density at radius 1 is 1.07 bits per heavy atom. The maximum atomic E-state index is 13.8. The molecule has 3 rings (SSSR count). The van der Waals surface area contributed by atoms with Crippen molar-refractivity contribution in [3.05, 3.63) is 42.2 Å². The summed E-state index contributed by atoms with van der Waals surface area (Å²) in [6.45, 7) is 3.87. The molecule has 0 atom stereocenters. The Morgan fingerprint density at radius 3 is 2.39 bits per heavy atom. The van der Waals surface area contributed by atoms with Crippen LogP contribution in [0.2, 0.25) is 0 Å². The lowest BCUT2D eigenvalue weighted by Crippen LogP contribution is -2.37. The lowest BCUT2D eigenvalue weighted by atomic mass is 9.86. The topological polar surface area (TPSA) is 84.0 Å². The fraction of sp³-hybridized carbons (Fsp3) is 0.500. The predicted octanol–water partition coefficient (Wildman–Crippen LogP) is 3.58. The van der Waals surface area contributed by atoms with Crippen LogP contribution in [0.3, 0.4) is 0 Å². The Labute approximate surface area is 166 Å². The van der Waals surface area contributed by atoms with E-state index in [-0.39, 0.29) is 11.9 Å². The molecule has 1 aromatic carbocycles. The zero-order valence-electron chi connectivity index (χ0n) is 16.2. The van der Waals surface area contributed by atoms with Crippen LogP contribution in [0.5, 0.6) is 0 Å². The van der Waals surface area contributed by atoms with E-state index >= 15 is 0 Å². The van der Waals surface area contributed by atoms with Gasteiger partial charge in [0.25, 0.3) is 0 Å². The van der Waals surface area contributed by atoms with E-state index in [1.54, 1.807) is 38.1 Å². The van der Waals surface area contributed by atoms with Gasteiger partial charge in [0.05, 0.1) is 10.9 Å². The molecule has 28 heavy (non-hydrogen) atoms. The van der Waals surface area contributed by atoms with Gasteiger partial charge < -0.3 is 5.32 Å². The molecule has 1 saturated carbocycles. The van der Waals surface area contributed by atoms with E-state index in [1.807, 2.05) is 6.07 Å². The summed E-state index contributed by atoms with van der Waals surface area (Å²) in [7, 11) is -3.20. The van der Waals surface area contributed by atoms with E-state index in [1.165, 1.54) is 6.07 Å². The first kappa shape index (κ1) is 20.7. The highest BCUT2D eigenvalue weighted by Gasteiger charge is 2.24. The maximum absolute atomic E-state index is 13.8. The van der Waals surface area contributed by atoms with Crippen molar-refractivity contribution in [1.29, 1.82) is 0 Å². The number of hydrogen-bond donors (Lipinski definition) is 2. The zero-order chi connectivity index (χ0) is 20.1. The summed E-state index contributed by atoms with van der Waals surface area (Å²) in [6, 6.07) is 10.4. The van der Waals surface area contributed by atoms with Gasteiger partial charge in [-0.15, -0.1) is 10.2 Å². The van der Waals surface area contributed by atoms with Gasteiger partial charge in [0.1, 0.15) is 11.6 Å². The zero-order valence-corrected chi connectivity index (χ0v) is 17.0. The molecular weight excluding hydrogens is 379 g/mol. The van der Waals surface area contributed by atoms with E-state index in [0.29, 0.717) is 29.5 Å². The van der Waals surface area contributed by atoms with E-state index in [4.69, 9.17) is 0 Å². The highest BCUT2D eigenvalue weighted by atomic mass is 32.2. The molecule has 1 aromatic heterocycles. The minimum Gasteiger partial charge on any atom is -0.366 e.